The Morgan fingerprint density at radius 1 is 1.24 bits per heavy atom. The molecular weight excluding hydrogens is 327 g/mol. The number of allylic oxidation sites excluding steroid dienone is 1. The number of hydrogen-bond donors (Lipinski definition) is 1. The minimum atomic E-state index is -0.983. The van der Waals surface area contributed by atoms with Crippen LogP contribution in [0.15, 0.2) is 12.2 Å². The van der Waals surface area contributed by atoms with Crippen molar-refractivity contribution < 1.29 is 49.4 Å². The molecule has 0 aromatic rings. The van der Waals surface area contributed by atoms with Crippen LogP contribution in [0.4, 0.5) is 0 Å². The summed E-state index contributed by atoms with van der Waals surface area (Å²) in [5.41, 5.74) is 0. The largest absolute Gasteiger partial charge is 1.00 e. The van der Waals surface area contributed by atoms with Gasteiger partial charge in [-0.1, -0.05) is 57.6 Å². The minimum absolute atomic E-state index is 0. The number of aliphatic hydroxyl groups excluding tert-OH is 1. The third kappa shape index (κ3) is 11.2. The van der Waals surface area contributed by atoms with E-state index >= 15 is 0 Å². The average Bonchev–Trinajstić information content (AvgIpc) is 2.89. The fourth-order valence-electron chi connectivity index (χ4n) is 3.50. The molecule has 0 saturated heterocycles. The fourth-order valence-corrected chi connectivity index (χ4v) is 3.50. The number of hydrogen-bond acceptors (Lipinski definition) is 4. The Kier molecular flexibility index (Phi) is 14.9. The Labute approximate surface area is 174 Å². The second-order valence-electron chi connectivity index (χ2n) is 7.05. The van der Waals surface area contributed by atoms with Crippen molar-refractivity contribution in [2.24, 2.45) is 11.8 Å². The normalized spacial score (nSPS) is 21.4. The van der Waals surface area contributed by atoms with Crippen LogP contribution in [0.5, 0.6) is 0 Å². The number of rotatable bonds is 13. The Balaban J connectivity index is 0.00000576. The summed E-state index contributed by atoms with van der Waals surface area (Å²) < 4.78 is 0. The zero-order valence-corrected chi connectivity index (χ0v) is 18.0. The van der Waals surface area contributed by atoms with Crippen LogP contribution in [0.25, 0.3) is 0 Å². The first-order valence-corrected chi connectivity index (χ1v) is 9.63. The number of aliphatic hydroxyl groups is 1. The minimum Gasteiger partial charge on any atom is -0.550 e. The van der Waals surface area contributed by atoms with E-state index in [2.05, 4.69) is 13.0 Å². The number of carbonyl (C=O) groups excluding carboxylic acids is 2. The summed E-state index contributed by atoms with van der Waals surface area (Å²) in [5.74, 6) is -0.282. The van der Waals surface area contributed by atoms with Crippen molar-refractivity contribution >= 4 is 11.8 Å². The Hall–Kier alpha value is -0.160. The number of carboxylic acid groups (broad SMARTS) is 1. The van der Waals surface area contributed by atoms with Crippen molar-refractivity contribution in [3.05, 3.63) is 12.2 Å². The van der Waals surface area contributed by atoms with Crippen molar-refractivity contribution in [1.82, 2.24) is 0 Å². The molecule has 0 unspecified atom stereocenters. The van der Waals surface area contributed by atoms with E-state index in [0.717, 1.165) is 57.8 Å². The predicted octanol–water partition coefficient (Wildman–Crippen LogP) is 0.174. The van der Waals surface area contributed by atoms with Crippen LogP contribution in [0.3, 0.4) is 0 Å². The molecule has 0 spiro atoms. The maximum Gasteiger partial charge on any atom is 1.00 e. The van der Waals surface area contributed by atoms with Gasteiger partial charge in [0, 0.05) is 18.3 Å². The molecule has 25 heavy (non-hydrogen) atoms. The van der Waals surface area contributed by atoms with Crippen molar-refractivity contribution in [1.29, 1.82) is 0 Å². The number of aliphatic carboxylic acids is 1. The third-order valence-corrected chi connectivity index (χ3v) is 4.98. The molecule has 1 fully saturated rings. The molecule has 1 rings (SSSR count). The van der Waals surface area contributed by atoms with E-state index < -0.39 is 12.1 Å². The molecule has 1 aliphatic carbocycles. The van der Waals surface area contributed by atoms with Gasteiger partial charge in [0.05, 0.1) is 6.10 Å². The SMILES string of the molecule is CCCCC[C@H](O)/C=C/[C@H]1CCC(=O)[C@@H]1CCCCCCC(=O)[O-].[Na+]. The van der Waals surface area contributed by atoms with Crippen LogP contribution in [0.1, 0.15) is 84.0 Å². The van der Waals surface area contributed by atoms with Gasteiger partial charge in [0.15, 0.2) is 0 Å². The van der Waals surface area contributed by atoms with Gasteiger partial charge in [0.25, 0.3) is 0 Å². The number of carbonyl (C=O) groups is 2. The van der Waals surface area contributed by atoms with Crippen LogP contribution in [-0.2, 0) is 9.59 Å². The average molecular weight is 360 g/mol. The Morgan fingerprint density at radius 3 is 2.64 bits per heavy atom. The molecule has 5 heteroatoms. The number of Topliss-reactive ketones (excluding diaryl/α,β-unsaturated/α-hetero) is 1. The molecule has 1 N–H and O–H groups in total. The molecule has 1 aliphatic rings. The van der Waals surface area contributed by atoms with Gasteiger partial charge in [-0.25, -0.2) is 0 Å². The third-order valence-electron chi connectivity index (χ3n) is 4.98. The van der Waals surface area contributed by atoms with Crippen molar-refractivity contribution in [3.63, 3.8) is 0 Å². The molecule has 0 aromatic heterocycles. The topological polar surface area (TPSA) is 77.4 Å². The Bertz CT molecular complexity index is 409. The molecule has 0 amide bonds. The molecule has 0 aromatic carbocycles. The van der Waals surface area contributed by atoms with E-state index in [9.17, 15) is 19.8 Å². The van der Waals surface area contributed by atoms with Crippen LogP contribution in [-0.4, -0.2) is 23.0 Å². The maximum absolute atomic E-state index is 12.1. The number of ketones is 1. The smallest absolute Gasteiger partial charge is 0.550 e. The molecule has 0 bridgehead atoms. The van der Waals surface area contributed by atoms with Gasteiger partial charge in [0.1, 0.15) is 5.78 Å². The van der Waals surface area contributed by atoms with E-state index in [1.54, 1.807) is 0 Å². The molecule has 0 radical (unpaired) electrons. The van der Waals surface area contributed by atoms with Gasteiger partial charge in [0.2, 0.25) is 0 Å². The maximum atomic E-state index is 12.1. The van der Waals surface area contributed by atoms with E-state index in [1.807, 2.05) is 6.08 Å². The second-order valence-corrected chi connectivity index (χ2v) is 7.05. The summed E-state index contributed by atoms with van der Waals surface area (Å²) in [5, 5.41) is 20.3. The zero-order valence-electron chi connectivity index (χ0n) is 16.0. The van der Waals surface area contributed by atoms with Crippen molar-refractivity contribution in [2.45, 2.75) is 90.1 Å². The van der Waals surface area contributed by atoms with E-state index in [1.165, 1.54) is 0 Å². The van der Waals surface area contributed by atoms with Crippen molar-refractivity contribution in [3.8, 4) is 0 Å². The Morgan fingerprint density at radius 2 is 1.96 bits per heavy atom. The summed E-state index contributed by atoms with van der Waals surface area (Å²) in [7, 11) is 0. The molecule has 4 nitrogen and oxygen atoms in total. The fraction of sp³-hybridized carbons (Fsp3) is 0.800. The summed E-state index contributed by atoms with van der Waals surface area (Å²) in [6.07, 6.45) is 13.7. The molecule has 1 saturated carbocycles. The van der Waals surface area contributed by atoms with Crippen LogP contribution in [0, 0.1) is 11.8 Å². The first kappa shape index (κ1) is 24.8. The van der Waals surface area contributed by atoms with Gasteiger partial charge in [-0.2, -0.15) is 0 Å². The van der Waals surface area contributed by atoms with Crippen LogP contribution < -0.4 is 34.7 Å². The monoisotopic (exact) mass is 360 g/mol. The first-order valence-electron chi connectivity index (χ1n) is 9.63. The number of carboxylic acids is 1. The van der Waals surface area contributed by atoms with E-state index in [4.69, 9.17) is 0 Å². The second kappa shape index (κ2) is 15.0. The number of unbranched alkanes of at least 4 members (excludes halogenated alkanes) is 5. The summed E-state index contributed by atoms with van der Waals surface area (Å²) in [6, 6.07) is 0. The van der Waals surface area contributed by atoms with Gasteiger partial charge in [-0.05, 0) is 38.0 Å². The first-order chi connectivity index (χ1) is 11.5. The standard InChI is InChI=1S/C20H34O4.Na/c1-2-3-6-9-17(21)14-12-16-13-15-19(22)18(16)10-7-4-5-8-11-20(23)24;/h12,14,16-18,21H,2-11,13,15H2,1H3,(H,23,24);/q;+1/p-1/b14-12+;/t16-,17-,18+;/m0./s1. The summed E-state index contributed by atoms with van der Waals surface area (Å²) in [4.78, 5) is 22.4. The van der Waals surface area contributed by atoms with Gasteiger partial charge >= 0.3 is 29.6 Å². The van der Waals surface area contributed by atoms with Crippen molar-refractivity contribution in [2.75, 3.05) is 0 Å². The van der Waals surface area contributed by atoms with E-state index in [-0.39, 0.29) is 47.8 Å². The van der Waals surface area contributed by atoms with Gasteiger partial charge < -0.3 is 15.0 Å². The van der Waals surface area contributed by atoms with E-state index in [0.29, 0.717) is 18.6 Å². The molecule has 138 valence electrons. The summed E-state index contributed by atoms with van der Waals surface area (Å²) >= 11 is 0. The molecule has 0 aliphatic heterocycles. The van der Waals surface area contributed by atoms with Crippen LogP contribution in [0.2, 0.25) is 0 Å². The van der Waals surface area contributed by atoms with Gasteiger partial charge in [-0.3, -0.25) is 4.79 Å². The predicted molar refractivity (Wildman–Crippen MR) is 93.2 cm³/mol. The molecular formula is C20H33NaO4. The zero-order chi connectivity index (χ0) is 17.8. The summed E-state index contributed by atoms with van der Waals surface area (Å²) in [6.45, 7) is 2.15. The molecule has 3 atom stereocenters. The quantitative estimate of drug-likeness (QED) is 0.289. The molecule has 0 heterocycles. The van der Waals surface area contributed by atoms with Gasteiger partial charge in [-0.15, -0.1) is 0 Å². The van der Waals surface area contributed by atoms with Crippen LogP contribution >= 0.6 is 0 Å².